The molecule has 0 fully saturated rings. The van der Waals surface area contributed by atoms with Gasteiger partial charge in [0.15, 0.2) is 6.17 Å². The molecule has 1 unspecified atom stereocenters. The van der Waals surface area contributed by atoms with E-state index in [4.69, 9.17) is 40.2 Å². The van der Waals surface area contributed by atoms with Crippen LogP contribution in [0.1, 0.15) is 0 Å². The number of para-hydroxylation sites is 1. The summed E-state index contributed by atoms with van der Waals surface area (Å²) in [6.07, 6.45) is -0.329. The maximum atomic E-state index is 6.11. The zero-order valence-electron chi connectivity index (χ0n) is 11.3. The van der Waals surface area contributed by atoms with Crippen molar-refractivity contribution >= 4 is 46.2 Å². The first-order valence-corrected chi connectivity index (χ1v) is 7.69. The number of ether oxygens (including phenoxy) is 1. The molecule has 1 aliphatic heterocycles. The Morgan fingerprint density at radius 2 is 1.86 bits per heavy atom. The molecule has 1 aliphatic rings. The first-order valence-electron chi connectivity index (χ1n) is 6.53. The van der Waals surface area contributed by atoms with E-state index in [9.17, 15) is 0 Å². The van der Waals surface area contributed by atoms with Crippen molar-refractivity contribution in [2.24, 2.45) is 10.2 Å². The predicted octanol–water partition coefficient (Wildman–Crippen LogP) is 4.96. The van der Waals surface area contributed by atoms with Crippen molar-refractivity contribution in [1.82, 2.24) is 0 Å². The number of anilines is 1. The van der Waals surface area contributed by atoms with Crippen LogP contribution in [0.15, 0.2) is 58.8 Å². The van der Waals surface area contributed by atoms with Gasteiger partial charge in [-0.05, 0) is 36.5 Å². The van der Waals surface area contributed by atoms with Crippen LogP contribution in [0.25, 0.3) is 0 Å². The summed E-state index contributed by atoms with van der Waals surface area (Å²) in [5.74, 6) is 0.509. The molecule has 0 N–H and O–H groups in total. The van der Waals surface area contributed by atoms with Gasteiger partial charge in [0, 0.05) is 5.69 Å². The Labute approximate surface area is 143 Å². The second kappa shape index (κ2) is 6.60. The van der Waals surface area contributed by atoms with E-state index in [2.05, 4.69) is 10.2 Å². The molecule has 0 radical (unpaired) electrons. The van der Waals surface area contributed by atoms with Gasteiger partial charge in [0.05, 0.1) is 5.02 Å². The van der Waals surface area contributed by atoms with E-state index in [1.165, 1.54) is 0 Å². The molecule has 2 aromatic carbocycles. The molecule has 0 amide bonds. The van der Waals surface area contributed by atoms with Crippen LogP contribution >= 0.6 is 35.4 Å². The summed E-state index contributed by atoms with van der Waals surface area (Å²) in [5, 5.41) is 9.36. The Hall–Kier alpha value is -1.69. The normalized spacial score (nSPS) is 17.1. The minimum Gasteiger partial charge on any atom is -0.488 e. The van der Waals surface area contributed by atoms with E-state index in [1.54, 1.807) is 18.2 Å². The minimum absolute atomic E-state index is 0.262. The summed E-state index contributed by atoms with van der Waals surface area (Å²) in [4.78, 5) is 1.84. The molecule has 0 aliphatic carbocycles. The van der Waals surface area contributed by atoms with Gasteiger partial charge in [0.1, 0.15) is 17.4 Å². The fourth-order valence-corrected chi connectivity index (χ4v) is 2.70. The average Bonchev–Trinajstić information content (AvgIpc) is 2.90. The number of hydrogen-bond acceptors (Lipinski definition) is 3. The molecular weight excluding hydrogens is 341 g/mol. The summed E-state index contributed by atoms with van der Waals surface area (Å²) in [5.41, 5.74) is 0.920. The van der Waals surface area contributed by atoms with Crippen molar-refractivity contribution in [1.29, 1.82) is 0 Å². The highest BCUT2D eigenvalue weighted by Crippen LogP contribution is 2.32. The van der Waals surface area contributed by atoms with Crippen molar-refractivity contribution in [3.8, 4) is 5.75 Å². The maximum Gasteiger partial charge on any atom is 0.222 e. The van der Waals surface area contributed by atoms with Gasteiger partial charge in [-0.25, -0.2) is 0 Å². The fourth-order valence-electron chi connectivity index (χ4n) is 2.08. The van der Waals surface area contributed by atoms with E-state index >= 15 is 0 Å². The standard InChI is InChI=1S/C15H11Cl2N3OS/c16-11-7-4-8-12(14(11)17)21-9-13-18-19-15(22)20(13)10-5-2-1-3-6-10/h1-8,13H,9H2. The highest BCUT2D eigenvalue weighted by Gasteiger charge is 2.28. The van der Waals surface area contributed by atoms with Crippen LogP contribution in [-0.2, 0) is 0 Å². The maximum absolute atomic E-state index is 6.11. The number of thiocarbonyl (C=S) groups is 1. The molecule has 0 aromatic heterocycles. The van der Waals surface area contributed by atoms with Crippen LogP contribution in [0.3, 0.4) is 0 Å². The van der Waals surface area contributed by atoms with Crippen LogP contribution in [0, 0.1) is 0 Å². The lowest BCUT2D eigenvalue weighted by atomic mass is 10.3. The summed E-state index contributed by atoms with van der Waals surface area (Å²) >= 11 is 17.3. The van der Waals surface area contributed by atoms with E-state index in [0.29, 0.717) is 20.9 Å². The number of halogens is 2. The predicted molar refractivity (Wildman–Crippen MR) is 92.1 cm³/mol. The lowest BCUT2D eigenvalue weighted by Gasteiger charge is -2.23. The molecule has 22 heavy (non-hydrogen) atoms. The van der Waals surface area contributed by atoms with Crippen LogP contribution in [0.5, 0.6) is 5.75 Å². The average molecular weight is 352 g/mol. The Morgan fingerprint density at radius 1 is 1.09 bits per heavy atom. The molecule has 1 heterocycles. The first kappa shape index (κ1) is 15.2. The van der Waals surface area contributed by atoms with Crippen LogP contribution < -0.4 is 9.64 Å². The molecule has 4 nitrogen and oxygen atoms in total. The monoisotopic (exact) mass is 351 g/mol. The lowest BCUT2D eigenvalue weighted by Crippen LogP contribution is -2.36. The molecule has 0 saturated carbocycles. The fraction of sp³-hybridized carbons (Fsp3) is 0.133. The molecule has 0 bridgehead atoms. The number of nitrogens with zero attached hydrogens (tertiary/aromatic N) is 3. The molecule has 0 saturated heterocycles. The summed E-state index contributed by atoms with van der Waals surface area (Å²) in [6, 6.07) is 14.9. The number of hydrogen-bond donors (Lipinski definition) is 0. The molecular formula is C15H11Cl2N3OS. The molecule has 3 rings (SSSR count). The molecule has 2 aromatic rings. The molecule has 0 spiro atoms. The molecule has 7 heteroatoms. The molecule has 112 valence electrons. The Balaban J connectivity index is 1.75. The van der Waals surface area contributed by atoms with Gasteiger partial charge < -0.3 is 4.74 Å². The summed E-state index contributed by atoms with van der Waals surface area (Å²) < 4.78 is 5.73. The van der Waals surface area contributed by atoms with Gasteiger partial charge in [-0.1, -0.05) is 47.5 Å². The van der Waals surface area contributed by atoms with Crippen molar-refractivity contribution < 1.29 is 4.74 Å². The van der Waals surface area contributed by atoms with Gasteiger partial charge in [0.2, 0.25) is 5.11 Å². The zero-order valence-corrected chi connectivity index (χ0v) is 13.6. The summed E-state index contributed by atoms with van der Waals surface area (Å²) in [7, 11) is 0. The van der Waals surface area contributed by atoms with Crippen molar-refractivity contribution in [2.75, 3.05) is 11.5 Å². The van der Waals surface area contributed by atoms with Gasteiger partial charge in [0.25, 0.3) is 0 Å². The number of benzene rings is 2. The van der Waals surface area contributed by atoms with Crippen molar-refractivity contribution in [3.05, 3.63) is 58.6 Å². The van der Waals surface area contributed by atoms with E-state index in [-0.39, 0.29) is 12.8 Å². The van der Waals surface area contributed by atoms with E-state index in [0.717, 1.165) is 5.69 Å². The second-order valence-corrected chi connectivity index (χ2v) is 5.70. The third-order valence-corrected chi connectivity index (χ3v) is 4.20. The Kier molecular flexibility index (Phi) is 4.57. The number of rotatable bonds is 4. The molecule has 1 atom stereocenters. The lowest BCUT2D eigenvalue weighted by molar-refractivity contribution is 0.293. The smallest absolute Gasteiger partial charge is 0.222 e. The van der Waals surface area contributed by atoms with E-state index in [1.807, 2.05) is 35.2 Å². The second-order valence-electron chi connectivity index (χ2n) is 4.55. The minimum atomic E-state index is -0.329. The third-order valence-electron chi connectivity index (χ3n) is 3.12. The third kappa shape index (κ3) is 3.06. The first-order chi connectivity index (χ1) is 10.7. The van der Waals surface area contributed by atoms with Crippen LogP contribution in [-0.4, -0.2) is 17.9 Å². The highest BCUT2D eigenvalue weighted by atomic mass is 35.5. The van der Waals surface area contributed by atoms with Crippen molar-refractivity contribution in [3.63, 3.8) is 0 Å². The van der Waals surface area contributed by atoms with Gasteiger partial charge in [-0.2, -0.15) is 5.11 Å². The summed E-state index contributed by atoms with van der Waals surface area (Å²) in [6.45, 7) is 0.262. The van der Waals surface area contributed by atoms with Gasteiger partial charge >= 0.3 is 0 Å². The number of azo groups is 1. The topological polar surface area (TPSA) is 37.2 Å². The largest absolute Gasteiger partial charge is 0.488 e. The Bertz CT molecular complexity index is 724. The zero-order chi connectivity index (χ0) is 15.5. The van der Waals surface area contributed by atoms with E-state index < -0.39 is 0 Å². The Morgan fingerprint density at radius 3 is 2.64 bits per heavy atom. The van der Waals surface area contributed by atoms with Crippen LogP contribution in [0.4, 0.5) is 5.69 Å². The van der Waals surface area contributed by atoms with Gasteiger partial charge in [-0.15, -0.1) is 5.11 Å². The van der Waals surface area contributed by atoms with Crippen LogP contribution in [0.2, 0.25) is 10.0 Å². The van der Waals surface area contributed by atoms with Gasteiger partial charge in [-0.3, -0.25) is 4.90 Å². The van der Waals surface area contributed by atoms with Crippen molar-refractivity contribution in [2.45, 2.75) is 6.17 Å². The SMILES string of the molecule is S=C1N=NC(COc2cccc(Cl)c2Cl)N1c1ccccc1. The highest BCUT2D eigenvalue weighted by molar-refractivity contribution is 7.80. The quantitative estimate of drug-likeness (QED) is 0.730.